The molecule has 1 aromatic heterocycles. The van der Waals surface area contributed by atoms with Gasteiger partial charge in [-0.1, -0.05) is 35.9 Å². The second-order valence-corrected chi connectivity index (χ2v) is 6.11. The Hall–Kier alpha value is -2.53. The number of hydrogen-bond acceptors (Lipinski definition) is 1. The Labute approximate surface area is 147 Å². The van der Waals surface area contributed by atoms with Gasteiger partial charge in [-0.25, -0.2) is 0 Å². The van der Waals surface area contributed by atoms with Gasteiger partial charge in [-0.2, -0.15) is 13.2 Å². The van der Waals surface area contributed by atoms with Crippen LogP contribution in [0, 0.1) is 0 Å². The summed E-state index contributed by atoms with van der Waals surface area (Å²) in [6.45, 7) is 0. The maximum absolute atomic E-state index is 13.0. The Balaban J connectivity index is 2.21. The molecule has 0 unspecified atom stereocenters. The summed E-state index contributed by atoms with van der Waals surface area (Å²) in [6, 6.07) is 11.5. The van der Waals surface area contributed by atoms with E-state index in [1.165, 1.54) is 18.3 Å². The van der Waals surface area contributed by atoms with Crippen molar-refractivity contribution < 1.29 is 13.2 Å². The quantitative estimate of drug-likeness (QED) is 0.598. The predicted octanol–water partition coefficient (Wildman–Crippen LogP) is 5.39. The summed E-state index contributed by atoms with van der Waals surface area (Å²) in [5.41, 5.74) is 0.270. The Bertz CT molecular complexity index is 992. The summed E-state index contributed by atoms with van der Waals surface area (Å²) < 4.78 is 40.5. The van der Waals surface area contributed by atoms with Crippen molar-refractivity contribution in [2.45, 2.75) is 6.18 Å². The van der Waals surface area contributed by atoms with Crippen LogP contribution >= 0.6 is 11.6 Å². The van der Waals surface area contributed by atoms with Gasteiger partial charge in [0, 0.05) is 35.6 Å². The molecule has 0 aliphatic heterocycles. The number of hydrogen-bond donors (Lipinski definition) is 0. The van der Waals surface area contributed by atoms with E-state index in [0.29, 0.717) is 16.1 Å². The van der Waals surface area contributed by atoms with Gasteiger partial charge in [0.25, 0.3) is 0 Å². The lowest BCUT2D eigenvalue weighted by atomic mass is 9.99. The molecule has 3 aromatic rings. The van der Waals surface area contributed by atoms with Crippen LogP contribution in [0.5, 0.6) is 0 Å². The van der Waals surface area contributed by atoms with Crippen LogP contribution in [0.15, 0.2) is 65.7 Å². The molecule has 1 heterocycles. The first-order valence-electron chi connectivity index (χ1n) is 7.39. The van der Waals surface area contributed by atoms with E-state index in [-0.39, 0.29) is 16.6 Å². The summed E-state index contributed by atoms with van der Waals surface area (Å²) in [5, 5.41) is 0.476. The molecule has 128 valence electrons. The lowest BCUT2D eigenvalue weighted by Gasteiger charge is -2.11. The highest BCUT2D eigenvalue weighted by Crippen LogP contribution is 2.32. The van der Waals surface area contributed by atoms with E-state index >= 15 is 0 Å². The van der Waals surface area contributed by atoms with Crippen molar-refractivity contribution in [3.8, 4) is 22.3 Å². The molecule has 0 saturated carbocycles. The highest BCUT2D eigenvalue weighted by atomic mass is 35.5. The van der Waals surface area contributed by atoms with Crippen molar-refractivity contribution in [1.29, 1.82) is 0 Å². The Morgan fingerprint density at radius 2 is 1.48 bits per heavy atom. The van der Waals surface area contributed by atoms with Gasteiger partial charge in [0.1, 0.15) is 0 Å². The zero-order chi connectivity index (χ0) is 18.2. The van der Waals surface area contributed by atoms with Gasteiger partial charge in [-0.05, 0) is 35.4 Å². The smallest absolute Gasteiger partial charge is 0.356 e. The highest BCUT2D eigenvalue weighted by molar-refractivity contribution is 6.30. The molecule has 25 heavy (non-hydrogen) atoms. The van der Waals surface area contributed by atoms with Crippen molar-refractivity contribution in [3.05, 3.63) is 81.7 Å². The van der Waals surface area contributed by atoms with E-state index in [9.17, 15) is 18.0 Å². The first kappa shape index (κ1) is 17.3. The summed E-state index contributed by atoms with van der Waals surface area (Å²) in [4.78, 5) is 12.9. The number of nitrogens with zero attached hydrogens (tertiary/aromatic N) is 1. The Morgan fingerprint density at radius 1 is 0.920 bits per heavy atom. The van der Waals surface area contributed by atoms with Crippen LogP contribution in [0.4, 0.5) is 13.2 Å². The maximum Gasteiger partial charge on any atom is 0.416 e. The van der Waals surface area contributed by atoms with Crippen molar-refractivity contribution in [2.75, 3.05) is 0 Å². The molecule has 0 fully saturated rings. The average Bonchev–Trinajstić information content (AvgIpc) is 2.56. The minimum Gasteiger partial charge on any atom is -0.356 e. The average molecular weight is 364 g/mol. The standard InChI is InChI=1S/C19H13ClF3NO/c1-24-10-16(12-4-2-6-14(8-12)19(21,22)23)18(25)17(11-24)13-5-3-7-15(20)9-13/h2-11H,1H3. The fraction of sp³-hybridized carbons (Fsp3) is 0.105. The molecule has 0 amide bonds. The van der Waals surface area contributed by atoms with Crippen LogP contribution in [0.2, 0.25) is 5.02 Å². The van der Waals surface area contributed by atoms with Crippen molar-refractivity contribution in [3.63, 3.8) is 0 Å². The number of aromatic nitrogens is 1. The van der Waals surface area contributed by atoms with Crippen molar-refractivity contribution in [2.24, 2.45) is 7.05 Å². The molecule has 2 nitrogen and oxygen atoms in total. The number of pyridine rings is 1. The van der Waals surface area contributed by atoms with E-state index in [1.807, 2.05) is 0 Å². The predicted molar refractivity (Wildman–Crippen MR) is 92.6 cm³/mol. The van der Waals surface area contributed by atoms with Gasteiger partial charge in [0.15, 0.2) is 5.43 Å². The third-order valence-corrected chi connectivity index (χ3v) is 4.03. The van der Waals surface area contributed by atoms with Crippen LogP contribution in [0.1, 0.15) is 5.56 Å². The largest absolute Gasteiger partial charge is 0.416 e. The molecule has 0 aliphatic carbocycles. The van der Waals surface area contributed by atoms with Crippen LogP contribution in [0.3, 0.4) is 0 Å². The normalized spacial score (nSPS) is 11.6. The molecule has 0 bridgehead atoms. The summed E-state index contributed by atoms with van der Waals surface area (Å²) in [6.07, 6.45) is -1.32. The fourth-order valence-electron chi connectivity index (χ4n) is 2.64. The first-order chi connectivity index (χ1) is 11.8. The minimum atomic E-state index is -4.47. The van der Waals surface area contributed by atoms with Gasteiger partial charge in [0.05, 0.1) is 5.56 Å². The molecular formula is C19H13ClF3NO. The van der Waals surface area contributed by atoms with Gasteiger partial charge in [-0.15, -0.1) is 0 Å². The van der Waals surface area contributed by atoms with E-state index in [4.69, 9.17) is 11.6 Å². The molecule has 0 spiro atoms. The van der Waals surface area contributed by atoms with E-state index in [0.717, 1.165) is 12.1 Å². The summed E-state index contributed by atoms with van der Waals surface area (Å²) in [5.74, 6) is 0. The lowest BCUT2D eigenvalue weighted by Crippen LogP contribution is -2.12. The number of benzene rings is 2. The molecule has 6 heteroatoms. The SMILES string of the molecule is Cn1cc(-c2cccc(Cl)c2)c(=O)c(-c2cccc(C(F)(F)F)c2)c1. The summed E-state index contributed by atoms with van der Waals surface area (Å²) in [7, 11) is 1.71. The number of halogens is 4. The molecule has 0 atom stereocenters. The van der Waals surface area contributed by atoms with Gasteiger partial charge < -0.3 is 4.57 Å². The first-order valence-corrected chi connectivity index (χ1v) is 7.77. The molecule has 2 aromatic carbocycles. The fourth-order valence-corrected chi connectivity index (χ4v) is 2.83. The molecule has 0 N–H and O–H groups in total. The summed E-state index contributed by atoms with van der Waals surface area (Å²) >= 11 is 5.98. The second-order valence-electron chi connectivity index (χ2n) is 5.67. The maximum atomic E-state index is 13.0. The molecule has 0 saturated heterocycles. The minimum absolute atomic E-state index is 0.200. The van der Waals surface area contributed by atoms with E-state index in [1.54, 1.807) is 42.1 Å². The van der Waals surface area contributed by atoms with Gasteiger partial charge in [-0.3, -0.25) is 4.79 Å². The third-order valence-electron chi connectivity index (χ3n) is 3.79. The molecular weight excluding hydrogens is 351 g/mol. The van der Waals surface area contributed by atoms with Crippen molar-refractivity contribution >= 4 is 11.6 Å². The second kappa shape index (κ2) is 6.41. The number of rotatable bonds is 2. The molecule has 3 rings (SSSR count). The zero-order valence-electron chi connectivity index (χ0n) is 13.1. The zero-order valence-corrected chi connectivity index (χ0v) is 13.9. The lowest BCUT2D eigenvalue weighted by molar-refractivity contribution is -0.137. The van der Waals surface area contributed by atoms with Gasteiger partial charge in [0.2, 0.25) is 0 Å². The Kier molecular flexibility index (Phi) is 4.43. The number of aryl methyl sites for hydroxylation is 1. The number of alkyl halides is 3. The Morgan fingerprint density at radius 3 is 2.04 bits per heavy atom. The van der Waals surface area contributed by atoms with Gasteiger partial charge >= 0.3 is 6.18 Å². The van der Waals surface area contributed by atoms with Crippen LogP contribution in [-0.4, -0.2) is 4.57 Å². The molecule has 0 radical (unpaired) electrons. The topological polar surface area (TPSA) is 22.0 Å². The van der Waals surface area contributed by atoms with E-state index in [2.05, 4.69) is 0 Å². The monoisotopic (exact) mass is 363 g/mol. The van der Waals surface area contributed by atoms with Crippen LogP contribution < -0.4 is 5.43 Å². The highest BCUT2D eigenvalue weighted by Gasteiger charge is 2.30. The molecule has 0 aliphatic rings. The van der Waals surface area contributed by atoms with Crippen molar-refractivity contribution in [1.82, 2.24) is 4.57 Å². The van der Waals surface area contributed by atoms with Crippen LogP contribution in [-0.2, 0) is 13.2 Å². The van der Waals surface area contributed by atoms with Crippen LogP contribution in [0.25, 0.3) is 22.3 Å². The third kappa shape index (κ3) is 3.61. The van der Waals surface area contributed by atoms with E-state index < -0.39 is 11.7 Å².